The van der Waals surface area contributed by atoms with Crippen LogP contribution in [0.25, 0.3) is 0 Å². The molecule has 1 rings (SSSR count). The van der Waals surface area contributed by atoms with Crippen LogP contribution in [0.2, 0.25) is 0 Å². The van der Waals surface area contributed by atoms with Crippen LogP contribution in [0.1, 0.15) is 20.3 Å². The zero-order valence-electron chi connectivity index (χ0n) is 8.32. The first-order valence-corrected chi connectivity index (χ1v) is 4.79. The van der Waals surface area contributed by atoms with Crippen LogP contribution in [0, 0.1) is 5.92 Å². The Morgan fingerprint density at radius 3 is 2.85 bits per heavy atom. The van der Waals surface area contributed by atoms with E-state index < -0.39 is 0 Å². The second-order valence-corrected chi connectivity index (χ2v) is 3.77. The quantitative estimate of drug-likeness (QED) is 0.694. The molecule has 1 aliphatic heterocycles. The van der Waals surface area contributed by atoms with Gasteiger partial charge in [0.25, 0.3) is 0 Å². The number of rotatable bonds is 2. The van der Waals surface area contributed by atoms with E-state index in [9.17, 15) is 4.79 Å². The number of hydrogen-bond donors (Lipinski definition) is 1. The van der Waals surface area contributed by atoms with Crippen molar-refractivity contribution in [1.29, 1.82) is 0 Å². The topological polar surface area (TPSA) is 55.6 Å². The first-order chi connectivity index (χ1) is 6.13. The first kappa shape index (κ1) is 10.3. The number of likely N-dealkylation sites (tertiary alicyclic amines) is 1. The minimum absolute atomic E-state index is 0.0376. The molecule has 1 heterocycles. The lowest BCUT2D eigenvalue weighted by Crippen LogP contribution is -2.32. The number of amides is 1. The molecule has 0 aromatic carbocycles. The Balaban J connectivity index is 2.33. The summed E-state index contributed by atoms with van der Waals surface area (Å²) in [5, 5.41) is 0. The molecule has 1 amide bonds. The van der Waals surface area contributed by atoms with Crippen LogP contribution >= 0.6 is 0 Å². The van der Waals surface area contributed by atoms with E-state index in [4.69, 9.17) is 10.5 Å². The van der Waals surface area contributed by atoms with Crippen molar-refractivity contribution in [1.82, 2.24) is 4.90 Å². The van der Waals surface area contributed by atoms with Crippen LogP contribution in [0.5, 0.6) is 0 Å². The Labute approximate surface area is 79.0 Å². The Kier molecular flexibility index (Phi) is 3.54. The summed E-state index contributed by atoms with van der Waals surface area (Å²) < 4.78 is 5.07. The smallest absolute Gasteiger partial charge is 0.410 e. The van der Waals surface area contributed by atoms with Gasteiger partial charge in [0.05, 0.1) is 6.10 Å². The second kappa shape index (κ2) is 4.46. The molecule has 0 aromatic heterocycles. The van der Waals surface area contributed by atoms with Crippen molar-refractivity contribution in [2.45, 2.75) is 26.4 Å². The highest BCUT2D eigenvalue weighted by Crippen LogP contribution is 2.15. The fraction of sp³-hybridized carbons (Fsp3) is 0.889. The van der Waals surface area contributed by atoms with Gasteiger partial charge in [-0.1, -0.05) is 0 Å². The van der Waals surface area contributed by atoms with Crippen molar-refractivity contribution >= 4 is 6.09 Å². The minimum atomic E-state index is -0.203. The number of hydrogen-bond acceptors (Lipinski definition) is 3. The van der Waals surface area contributed by atoms with Crippen molar-refractivity contribution in [2.24, 2.45) is 11.7 Å². The molecule has 1 fully saturated rings. The maximum absolute atomic E-state index is 11.4. The predicted molar refractivity (Wildman–Crippen MR) is 50.4 cm³/mol. The zero-order valence-corrected chi connectivity index (χ0v) is 8.32. The van der Waals surface area contributed by atoms with Crippen molar-refractivity contribution in [3.05, 3.63) is 0 Å². The zero-order chi connectivity index (χ0) is 9.84. The van der Waals surface area contributed by atoms with Crippen molar-refractivity contribution in [3.8, 4) is 0 Å². The monoisotopic (exact) mass is 186 g/mol. The van der Waals surface area contributed by atoms with Crippen LogP contribution in [0.15, 0.2) is 0 Å². The lowest BCUT2D eigenvalue weighted by atomic mass is 10.1. The summed E-state index contributed by atoms with van der Waals surface area (Å²) in [5.74, 6) is 0.458. The van der Waals surface area contributed by atoms with E-state index in [0.717, 1.165) is 19.5 Å². The summed E-state index contributed by atoms with van der Waals surface area (Å²) in [6.45, 7) is 5.91. The molecule has 2 N–H and O–H groups in total. The third-order valence-corrected chi connectivity index (χ3v) is 2.21. The van der Waals surface area contributed by atoms with Crippen molar-refractivity contribution in [3.63, 3.8) is 0 Å². The van der Waals surface area contributed by atoms with Gasteiger partial charge >= 0.3 is 6.09 Å². The van der Waals surface area contributed by atoms with Gasteiger partial charge in [-0.2, -0.15) is 0 Å². The fourth-order valence-electron chi connectivity index (χ4n) is 1.47. The average Bonchev–Trinajstić information content (AvgIpc) is 2.50. The molecule has 0 saturated carbocycles. The van der Waals surface area contributed by atoms with E-state index in [2.05, 4.69) is 0 Å². The summed E-state index contributed by atoms with van der Waals surface area (Å²) >= 11 is 0. The molecule has 1 unspecified atom stereocenters. The second-order valence-electron chi connectivity index (χ2n) is 3.77. The SMILES string of the molecule is CC(C)OC(=O)N1CCC(CN)C1. The highest BCUT2D eigenvalue weighted by atomic mass is 16.6. The molecule has 76 valence electrons. The molecule has 1 atom stereocenters. The summed E-state index contributed by atoms with van der Waals surface area (Å²) in [6.07, 6.45) is 0.763. The average molecular weight is 186 g/mol. The van der Waals surface area contributed by atoms with Crippen molar-refractivity contribution < 1.29 is 9.53 Å². The molecule has 4 heteroatoms. The van der Waals surface area contributed by atoms with Gasteiger partial charge in [-0.3, -0.25) is 0 Å². The molecular weight excluding hydrogens is 168 g/mol. The number of carbonyl (C=O) groups excluding carboxylic acids is 1. The molecule has 1 aliphatic rings. The van der Waals surface area contributed by atoms with Gasteiger partial charge < -0.3 is 15.4 Å². The van der Waals surface area contributed by atoms with E-state index in [1.165, 1.54) is 0 Å². The Bertz CT molecular complexity index is 182. The third kappa shape index (κ3) is 2.88. The molecule has 4 nitrogen and oxygen atoms in total. The van der Waals surface area contributed by atoms with Crippen LogP contribution in [-0.4, -0.2) is 36.7 Å². The van der Waals surface area contributed by atoms with Crippen LogP contribution in [-0.2, 0) is 4.74 Å². The molecule has 0 bridgehead atoms. The van der Waals surface area contributed by atoms with Crippen molar-refractivity contribution in [2.75, 3.05) is 19.6 Å². The predicted octanol–water partition coefficient (Wildman–Crippen LogP) is 0.812. The van der Waals surface area contributed by atoms with Gasteiger partial charge in [0.2, 0.25) is 0 Å². The number of nitrogens with zero attached hydrogens (tertiary/aromatic N) is 1. The van der Waals surface area contributed by atoms with E-state index in [1.807, 2.05) is 13.8 Å². The van der Waals surface area contributed by atoms with Gasteiger partial charge in [0.1, 0.15) is 0 Å². The van der Waals surface area contributed by atoms with Gasteiger partial charge in [0, 0.05) is 13.1 Å². The Hall–Kier alpha value is -0.770. The Morgan fingerprint density at radius 1 is 1.69 bits per heavy atom. The summed E-state index contributed by atoms with van der Waals surface area (Å²) in [6, 6.07) is 0. The normalized spacial score (nSPS) is 22.5. The highest BCUT2D eigenvalue weighted by Gasteiger charge is 2.26. The minimum Gasteiger partial charge on any atom is -0.447 e. The summed E-state index contributed by atoms with van der Waals surface area (Å²) in [4.78, 5) is 13.1. The van der Waals surface area contributed by atoms with Gasteiger partial charge in [-0.05, 0) is 32.7 Å². The Morgan fingerprint density at radius 2 is 2.38 bits per heavy atom. The number of ether oxygens (including phenoxy) is 1. The molecular formula is C9H18N2O2. The lowest BCUT2D eigenvalue weighted by molar-refractivity contribution is 0.0827. The lowest BCUT2D eigenvalue weighted by Gasteiger charge is -2.17. The van der Waals surface area contributed by atoms with Crippen LogP contribution in [0.3, 0.4) is 0 Å². The molecule has 0 aliphatic carbocycles. The molecule has 0 spiro atoms. The number of carbonyl (C=O) groups is 1. The summed E-state index contributed by atoms with van der Waals surface area (Å²) in [7, 11) is 0. The highest BCUT2D eigenvalue weighted by molar-refractivity contribution is 5.68. The van der Waals surface area contributed by atoms with Gasteiger partial charge in [-0.15, -0.1) is 0 Å². The fourth-order valence-corrected chi connectivity index (χ4v) is 1.47. The molecule has 13 heavy (non-hydrogen) atoms. The number of nitrogens with two attached hydrogens (primary N) is 1. The van der Waals surface area contributed by atoms with E-state index in [1.54, 1.807) is 4.90 Å². The molecule has 0 radical (unpaired) electrons. The standard InChI is InChI=1S/C9H18N2O2/c1-7(2)13-9(12)11-4-3-8(5-10)6-11/h7-8H,3-6,10H2,1-2H3. The first-order valence-electron chi connectivity index (χ1n) is 4.79. The van der Waals surface area contributed by atoms with E-state index in [0.29, 0.717) is 12.5 Å². The van der Waals surface area contributed by atoms with Gasteiger partial charge in [0.15, 0.2) is 0 Å². The van der Waals surface area contributed by atoms with Crippen LogP contribution < -0.4 is 5.73 Å². The molecule has 0 aromatic rings. The largest absolute Gasteiger partial charge is 0.447 e. The van der Waals surface area contributed by atoms with E-state index >= 15 is 0 Å². The van der Waals surface area contributed by atoms with Gasteiger partial charge in [-0.25, -0.2) is 4.79 Å². The van der Waals surface area contributed by atoms with Crippen LogP contribution in [0.4, 0.5) is 4.79 Å². The molecule has 1 saturated heterocycles. The maximum Gasteiger partial charge on any atom is 0.410 e. The summed E-state index contributed by atoms with van der Waals surface area (Å²) in [5.41, 5.74) is 5.52. The maximum atomic E-state index is 11.4. The van der Waals surface area contributed by atoms with E-state index in [-0.39, 0.29) is 12.2 Å². The third-order valence-electron chi connectivity index (χ3n) is 2.21.